The molecule has 0 spiro atoms. The Labute approximate surface area is 200 Å². The molecule has 0 radical (unpaired) electrons. The Bertz CT molecular complexity index is 1400. The van der Waals surface area contributed by atoms with Crippen molar-refractivity contribution in [2.24, 2.45) is 0 Å². The number of rotatable bonds is 8. The molecule has 2 heterocycles. The minimum atomic E-state index is -0.485. The van der Waals surface area contributed by atoms with E-state index in [0.29, 0.717) is 43.2 Å². The van der Waals surface area contributed by atoms with Crippen molar-refractivity contribution >= 4 is 60.7 Å². The van der Waals surface area contributed by atoms with E-state index in [1.54, 1.807) is 23.6 Å². The molecule has 2 aromatic carbocycles. The maximum Gasteiger partial charge on any atom is 0.270 e. The molecule has 0 aliphatic rings. The predicted octanol–water partition coefficient (Wildman–Crippen LogP) is 4.11. The van der Waals surface area contributed by atoms with E-state index < -0.39 is 4.92 Å². The number of non-ortho nitro benzene ring substituents is 1. The van der Waals surface area contributed by atoms with Crippen molar-refractivity contribution in [3.05, 3.63) is 63.1 Å². The largest absolute Gasteiger partial charge is 0.493 e. The minimum Gasteiger partial charge on any atom is -0.493 e. The summed E-state index contributed by atoms with van der Waals surface area (Å²) < 4.78 is 11.0. The number of hydrogen-bond donors (Lipinski definition) is 2. The maximum absolute atomic E-state index is 12.5. The van der Waals surface area contributed by atoms with Crippen LogP contribution in [0.5, 0.6) is 11.5 Å². The predicted molar refractivity (Wildman–Crippen MR) is 128 cm³/mol. The molecule has 2 N–H and O–H groups in total. The van der Waals surface area contributed by atoms with Gasteiger partial charge in [0, 0.05) is 23.1 Å². The molecule has 0 atom stereocenters. The molecule has 4 aromatic rings. The van der Waals surface area contributed by atoms with Crippen molar-refractivity contribution < 1.29 is 24.0 Å². The molecule has 0 saturated carbocycles. The first-order valence-corrected chi connectivity index (χ1v) is 11.4. The topological polar surface area (TPSA) is 146 Å². The lowest BCUT2D eigenvalue weighted by molar-refractivity contribution is -0.384. The van der Waals surface area contributed by atoms with Crippen LogP contribution in [0.4, 0.5) is 16.0 Å². The van der Waals surface area contributed by atoms with Gasteiger partial charge in [-0.15, -0.1) is 11.3 Å². The van der Waals surface area contributed by atoms with Crippen molar-refractivity contribution in [3.8, 4) is 11.5 Å². The van der Waals surface area contributed by atoms with Crippen LogP contribution in [0.1, 0.15) is 16.1 Å². The number of carbonyl (C=O) groups excluding carboxylic acids is 2. The third kappa shape index (κ3) is 5.10. The fraction of sp³-hybridized carbons (Fsp3) is 0.143. The van der Waals surface area contributed by atoms with Crippen LogP contribution in [0.3, 0.4) is 0 Å². The lowest BCUT2D eigenvalue weighted by Gasteiger charge is -2.09. The smallest absolute Gasteiger partial charge is 0.270 e. The summed E-state index contributed by atoms with van der Waals surface area (Å²) in [6.45, 7) is 0. The number of benzene rings is 2. The highest BCUT2D eigenvalue weighted by Gasteiger charge is 2.15. The third-order valence-corrected chi connectivity index (χ3v) is 6.33. The van der Waals surface area contributed by atoms with Gasteiger partial charge in [-0.1, -0.05) is 11.3 Å². The SMILES string of the molecule is COc1ccc(C(=O)Nc2nc(CC(=O)Nc3nc4ccc([N+](=O)[O-])cc4s3)cs2)cc1OC. The first-order chi connectivity index (χ1) is 16.4. The molecule has 34 heavy (non-hydrogen) atoms. The fourth-order valence-corrected chi connectivity index (χ4v) is 4.62. The van der Waals surface area contributed by atoms with Crippen molar-refractivity contribution in [1.82, 2.24) is 9.97 Å². The molecule has 0 fully saturated rings. The Balaban J connectivity index is 1.38. The highest BCUT2D eigenvalue weighted by atomic mass is 32.1. The first kappa shape index (κ1) is 23.1. The summed E-state index contributed by atoms with van der Waals surface area (Å²) in [5, 5.41) is 18.6. The van der Waals surface area contributed by atoms with E-state index in [2.05, 4.69) is 20.6 Å². The number of carbonyl (C=O) groups is 2. The number of aromatic nitrogens is 2. The van der Waals surface area contributed by atoms with E-state index in [0.717, 1.165) is 11.3 Å². The second-order valence-corrected chi connectivity index (χ2v) is 8.71. The molecule has 2 amide bonds. The highest BCUT2D eigenvalue weighted by Crippen LogP contribution is 2.30. The molecule has 2 aromatic heterocycles. The molecule has 0 saturated heterocycles. The standard InChI is InChI=1S/C21H17N5O6S2/c1-31-15-6-3-11(7-16(15)32-2)19(28)25-20-22-12(10-33-20)8-18(27)24-21-23-14-5-4-13(26(29)30)9-17(14)34-21/h3-7,9-10H,8H2,1-2H3,(H,22,25,28)(H,23,24,27). The van der Waals surface area contributed by atoms with Gasteiger partial charge < -0.3 is 14.8 Å². The molecular weight excluding hydrogens is 482 g/mol. The summed E-state index contributed by atoms with van der Waals surface area (Å²) in [6.07, 6.45) is -0.0290. The molecule has 0 aliphatic carbocycles. The number of methoxy groups -OCH3 is 2. The molecule has 0 bridgehead atoms. The third-order valence-electron chi connectivity index (χ3n) is 4.59. The van der Waals surface area contributed by atoms with E-state index in [4.69, 9.17) is 9.47 Å². The van der Waals surface area contributed by atoms with Crippen LogP contribution < -0.4 is 20.1 Å². The average Bonchev–Trinajstić information content (AvgIpc) is 3.43. The summed E-state index contributed by atoms with van der Waals surface area (Å²) in [6, 6.07) is 9.10. The van der Waals surface area contributed by atoms with Gasteiger partial charge in [0.1, 0.15) is 0 Å². The Morgan fingerprint density at radius 1 is 1.03 bits per heavy atom. The molecule has 0 aliphatic heterocycles. The molecule has 0 unspecified atom stereocenters. The van der Waals surface area contributed by atoms with Gasteiger partial charge in [-0.3, -0.25) is 25.0 Å². The number of nitrogens with zero attached hydrogens (tertiary/aromatic N) is 3. The summed E-state index contributed by atoms with van der Waals surface area (Å²) in [5.41, 5.74) is 1.35. The Hall–Kier alpha value is -4.10. The van der Waals surface area contributed by atoms with Crippen LogP contribution in [0.25, 0.3) is 10.2 Å². The van der Waals surface area contributed by atoms with Crippen molar-refractivity contribution in [2.45, 2.75) is 6.42 Å². The van der Waals surface area contributed by atoms with Crippen LogP contribution in [0.2, 0.25) is 0 Å². The summed E-state index contributed by atoms with van der Waals surface area (Å²) in [4.78, 5) is 43.9. The zero-order chi connectivity index (χ0) is 24.2. The monoisotopic (exact) mass is 499 g/mol. The van der Waals surface area contributed by atoms with E-state index in [1.807, 2.05) is 0 Å². The molecule has 11 nitrogen and oxygen atoms in total. The number of anilines is 2. The summed E-state index contributed by atoms with van der Waals surface area (Å²) in [7, 11) is 2.99. The number of hydrogen-bond acceptors (Lipinski definition) is 10. The molecule has 4 rings (SSSR count). The average molecular weight is 500 g/mol. The zero-order valence-corrected chi connectivity index (χ0v) is 19.5. The maximum atomic E-state index is 12.5. The van der Waals surface area contributed by atoms with Crippen LogP contribution in [-0.2, 0) is 11.2 Å². The van der Waals surface area contributed by atoms with Crippen LogP contribution in [0, 0.1) is 10.1 Å². The number of ether oxygens (including phenoxy) is 2. The van der Waals surface area contributed by atoms with Crippen molar-refractivity contribution in [1.29, 1.82) is 0 Å². The minimum absolute atomic E-state index is 0.0290. The van der Waals surface area contributed by atoms with Gasteiger partial charge in [0.2, 0.25) is 5.91 Å². The summed E-state index contributed by atoms with van der Waals surface area (Å²) in [5.74, 6) is 0.204. The Kier molecular flexibility index (Phi) is 6.65. The van der Waals surface area contributed by atoms with Crippen LogP contribution in [-0.4, -0.2) is 40.9 Å². The Morgan fingerprint density at radius 2 is 1.82 bits per heavy atom. The van der Waals surface area contributed by atoms with Gasteiger partial charge in [0.15, 0.2) is 21.8 Å². The second-order valence-electron chi connectivity index (χ2n) is 6.82. The number of fused-ring (bicyclic) bond motifs is 1. The normalized spacial score (nSPS) is 10.6. The fourth-order valence-electron chi connectivity index (χ4n) is 3.00. The van der Waals surface area contributed by atoms with Gasteiger partial charge >= 0.3 is 0 Å². The molecule has 174 valence electrons. The number of nitrogens with one attached hydrogen (secondary N) is 2. The van der Waals surface area contributed by atoms with E-state index in [1.165, 1.54) is 43.8 Å². The van der Waals surface area contributed by atoms with Crippen molar-refractivity contribution in [2.75, 3.05) is 24.9 Å². The quantitative estimate of drug-likeness (QED) is 0.272. The zero-order valence-electron chi connectivity index (χ0n) is 17.9. The van der Waals surface area contributed by atoms with E-state index in [-0.39, 0.29) is 23.9 Å². The molecular formula is C21H17N5O6S2. The number of amides is 2. The van der Waals surface area contributed by atoms with E-state index in [9.17, 15) is 19.7 Å². The number of nitro benzene ring substituents is 1. The van der Waals surface area contributed by atoms with Gasteiger partial charge in [0.25, 0.3) is 11.6 Å². The first-order valence-electron chi connectivity index (χ1n) is 9.69. The van der Waals surface area contributed by atoms with Crippen LogP contribution in [0.15, 0.2) is 41.8 Å². The van der Waals surface area contributed by atoms with Gasteiger partial charge in [-0.05, 0) is 24.3 Å². The Morgan fingerprint density at radius 3 is 2.56 bits per heavy atom. The van der Waals surface area contributed by atoms with Gasteiger partial charge in [0.05, 0.1) is 41.5 Å². The summed E-state index contributed by atoms with van der Waals surface area (Å²) >= 11 is 2.33. The van der Waals surface area contributed by atoms with Crippen molar-refractivity contribution in [3.63, 3.8) is 0 Å². The van der Waals surface area contributed by atoms with Gasteiger partial charge in [-0.25, -0.2) is 9.97 Å². The lowest BCUT2D eigenvalue weighted by Crippen LogP contribution is -2.15. The number of nitro groups is 1. The van der Waals surface area contributed by atoms with Gasteiger partial charge in [-0.2, -0.15) is 0 Å². The van der Waals surface area contributed by atoms with E-state index >= 15 is 0 Å². The second kappa shape index (κ2) is 9.80. The lowest BCUT2D eigenvalue weighted by atomic mass is 10.2. The highest BCUT2D eigenvalue weighted by molar-refractivity contribution is 7.22. The van der Waals surface area contributed by atoms with Crippen LogP contribution >= 0.6 is 22.7 Å². The molecule has 13 heteroatoms. The number of thiazole rings is 2.